The zero-order valence-electron chi connectivity index (χ0n) is 9.07. The summed E-state index contributed by atoms with van der Waals surface area (Å²) in [5, 5.41) is 2.93. The minimum absolute atomic E-state index is 0.358. The van der Waals surface area contributed by atoms with Crippen molar-refractivity contribution in [1.82, 2.24) is 4.98 Å². The third-order valence-corrected chi connectivity index (χ3v) is 3.92. The Bertz CT molecular complexity index is 504. The minimum Gasteiger partial charge on any atom is -0.264 e. The van der Waals surface area contributed by atoms with Crippen LogP contribution in [0.5, 0.6) is 0 Å². The first-order chi connectivity index (χ1) is 7.84. The van der Waals surface area contributed by atoms with E-state index in [9.17, 15) is 0 Å². The van der Waals surface area contributed by atoms with E-state index in [0.717, 1.165) is 12.8 Å². The van der Waals surface area contributed by atoms with E-state index in [1.807, 2.05) is 12.4 Å². The number of benzene rings is 1. The second-order valence-electron chi connectivity index (χ2n) is 4.55. The summed E-state index contributed by atoms with van der Waals surface area (Å²) in [6.07, 6.45) is 7.29. The molecule has 1 saturated carbocycles. The molecule has 0 bridgehead atoms. The van der Waals surface area contributed by atoms with Crippen LogP contribution in [0.2, 0.25) is 0 Å². The molecule has 1 aliphatic carbocycles. The van der Waals surface area contributed by atoms with Crippen molar-refractivity contribution in [2.45, 2.75) is 30.6 Å². The average molecular weight is 232 g/mol. The summed E-state index contributed by atoms with van der Waals surface area (Å²) in [4.78, 5) is 4.23. The van der Waals surface area contributed by atoms with Crippen LogP contribution in [0.4, 0.5) is 0 Å². The Morgan fingerprint density at radius 1 is 1.19 bits per heavy atom. The Balaban J connectivity index is 2.09. The maximum Gasteiger partial charge on any atom is 0.0349 e. The van der Waals surface area contributed by atoms with E-state index in [0.29, 0.717) is 11.3 Å². The molecular weight excluding hydrogens is 218 g/mol. The van der Waals surface area contributed by atoms with Crippen LogP contribution in [0.15, 0.2) is 36.7 Å². The summed E-state index contributed by atoms with van der Waals surface area (Å²) in [6, 6.07) is 8.59. The van der Waals surface area contributed by atoms with Gasteiger partial charge in [0.15, 0.2) is 0 Å². The van der Waals surface area contributed by atoms with Gasteiger partial charge in [0.25, 0.3) is 0 Å². The highest BCUT2D eigenvalue weighted by molar-refractivity contribution is 6.20. The van der Waals surface area contributed by atoms with Gasteiger partial charge < -0.3 is 0 Å². The number of aromatic nitrogens is 1. The first-order valence-electron chi connectivity index (χ1n) is 5.81. The van der Waals surface area contributed by atoms with Crippen molar-refractivity contribution < 1.29 is 0 Å². The molecule has 0 N–H and O–H groups in total. The maximum atomic E-state index is 6.19. The van der Waals surface area contributed by atoms with E-state index in [4.69, 9.17) is 11.6 Å². The summed E-state index contributed by atoms with van der Waals surface area (Å²) in [7, 11) is 0. The summed E-state index contributed by atoms with van der Waals surface area (Å²) in [5.74, 6) is 0.621. The lowest BCUT2D eigenvalue weighted by Crippen LogP contribution is -1.96. The van der Waals surface area contributed by atoms with E-state index < -0.39 is 0 Å². The van der Waals surface area contributed by atoms with Crippen molar-refractivity contribution in [3.05, 3.63) is 42.2 Å². The predicted molar refractivity (Wildman–Crippen MR) is 68.0 cm³/mol. The van der Waals surface area contributed by atoms with Crippen molar-refractivity contribution in [2.24, 2.45) is 0 Å². The Morgan fingerprint density at radius 2 is 2.12 bits per heavy atom. The molecule has 1 aliphatic rings. The third-order valence-electron chi connectivity index (χ3n) is 3.53. The fourth-order valence-corrected chi connectivity index (χ4v) is 3.04. The number of fused-ring (bicyclic) bond motifs is 1. The molecule has 0 aliphatic heterocycles. The van der Waals surface area contributed by atoms with Gasteiger partial charge >= 0.3 is 0 Å². The van der Waals surface area contributed by atoms with Crippen LogP contribution in [0.3, 0.4) is 0 Å². The second kappa shape index (κ2) is 4.06. The highest BCUT2D eigenvalue weighted by atomic mass is 35.5. The van der Waals surface area contributed by atoms with E-state index in [1.165, 1.54) is 22.8 Å². The number of halogens is 1. The van der Waals surface area contributed by atoms with Crippen LogP contribution in [0.1, 0.15) is 30.7 Å². The zero-order chi connectivity index (χ0) is 11.0. The molecule has 2 aromatic rings. The van der Waals surface area contributed by atoms with E-state index in [-0.39, 0.29) is 0 Å². The predicted octanol–water partition coefficient (Wildman–Crippen LogP) is 4.11. The fourth-order valence-electron chi connectivity index (χ4n) is 2.70. The summed E-state index contributed by atoms with van der Waals surface area (Å²) in [5.41, 5.74) is 1.42. The van der Waals surface area contributed by atoms with Gasteiger partial charge in [0.2, 0.25) is 0 Å². The van der Waals surface area contributed by atoms with Gasteiger partial charge in [0.1, 0.15) is 0 Å². The molecule has 0 radical (unpaired) electrons. The summed E-state index contributed by atoms with van der Waals surface area (Å²) in [6.45, 7) is 0. The highest BCUT2D eigenvalue weighted by Crippen LogP contribution is 2.39. The first-order valence-corrected chi connectivity index (χ1v) is 6.25. The largest absolute Gasteiger partial charge is 0.264 e. The molecule has 0 saturated heterocycles. The smallest absolute Gasteiger partial charge is 0.0349 e. The topological polar surface area (TPSA) is 12.9 Å². The molecule has 1 fully saturated rings. The zero-order valence-corrected chi connectivity index (χ0v) is 9.82. The van der Waals surface area contributed by atoms with Gasteiger partial charge in [-0.25, -0.2) is 0 Å². The molecule has 16 heavy (non-hydrogen) atoms. The number of rotatable bonds is 1. The van der Waals surface area contributed by atoms with Crippen LogP contribution < -0.4 is 0 Å². The molecule has 1 aromatic carbocycles. The highest BCUT2D eigenvalue weighted by Gasteiger charge is 2.25. The second-order valence-corrected chi connectivity index (χ2v) is 5.17. The monoisotopic (exact) mass is 231 g/mol. The maximum absolute atomic E-state index is 6.19. The quantitative estimate of drug-likeness (QED) is 0.673. The van der Waals surface area contributed by atoms with Gasteiger partial charge in [-0.2, -0.15) is 0 Å². The molecule has 2 heteroatoms. The SMILES string of the molecule is ClC1CCC(c2cccc3ccncc23)C1. The van der Waals surface area contributed by atoms with Gasteiger partial charge in [0.05, 0.1) is 0 Å². The first kappa shape index (κ1) is 10.1. The number of pyridine rings is 1. The van der Waals surface area contributed by atoms with Crippen LogP contribution in [0, 0.1) is 0 Å². The molecule has 2 atom stereocenters. The van der Waals surface area contributed by atoms with E-state index >= 15 is 0 Å². The number of nitrogens with zero attached hydrogens (tertiary/aromatic N) is 1. The van der Waals surface area contributed by atoms with Crippen LogP contribution in [-0.2, 0) is 0 Å². The van der Waals surface area contributed by atoms with Gasteiger partial charge in [-0.3, -0.25) is 4.98 Å². The van der Waals surface area contributed by atoms with Crippen LogP contribution >= 0.6 is 11.6 Å². The number of hydrogen-bond acceptors (Lipinski definition) is 1. The summed E-state index contributed by atoms with van der Waals surface area (Å²) < 4.78 is 0. The van der Waals surface area contributed by atoms with Gasteiger partial charge in [-0.15, -0.1) is 11.6 Å². The minimum atomic E-state index is 0.358. The molecule has 2 unspecified atom stereocenters. The number of alkyl halides is 1. The Kier molecular flexibility index (Phi) is 2.56. The molecule has 0 amide bonds. The lowest BCUT2D eigenvalue weighted by molar-refractivity contribution is 0.730. The third kappa shape index (κ3) is 1.69. The van der Waals surface area contributed by atoms with Gasteiger partial charge in [-0.1, -0.05) is 18.2 Å². The van der Waals surface area contributed by atoms with E-state index in [2.05, 4.69) is 29.2 Å². The Hall–Kier alpha value is -1.08. The van der Waals surface area contributed by atoms with Gasteiger partial charge in [-0.05, 0) is 42.2 Å². The standard InChI is InChI=1S/C14H14ClN/c15-12-5-4-11(8-12)13-3-1-2-10-6-7-16-9-14(10)13/h1-3,6-7,9,11-12H,4-5,8H2. The summed E-state index contributed by atoms with van der Waals surface area (Å²) >= 11 is 6.19. The van der Waals surface area contributed by atoms with Crippen molar-refractivity contribution >= 4 is 22.4 Å². The molecule has 3 rings (SSSR count). The number of hydrogen-bond donors (Lipinski definition) is 0. The molecule has 1 nitrogen and oxygen atoms in total. The average Bonchev–Trinajstić information content (AvgIpc) is 2.75. The normalized spacial score (nSPS) is 25.1. The van der Waals surface area contributed by atoms with Crippen molar-refractivity contribution in [2.75, 3.05) is 0 Å². The molecule has 82 valence electrons. The molecule has 1 aromatic heterocycles. The fraction of sp³-hybridized carbons (Fsp3) is 0.357. The lowest BCUT2D eigenvalue weighted by atomic mass is 9.93. The van der Waals surface area contributed by atoms with Crippen molar-refractivity contribution in [3.63, 3.8) is 0 Å². The molecule has 0 spiro atoms. The van der Waals surface area contributed by atoms with Crippen molar-refractivity contribution in [3.8, 4) is 0 Å². The Morgan fingerprint density at radius 3 is 2.94 bits per heavy atom. The Labute approximate surface area is 100 Å². The van der Waals surface area contributed by atoms with Gasteiger partial charge in [0, 0.05) is 23.2 Å². The van der Waals surface area contributed by atoms with Crippen LogP contribution in [-0.4, -0.2) is 10.4 Å². The molecular formula is C14H14ClN. The lowest BCUT2D eigenvalue weighted by Gasteiger charge is -2.12. The van der Waals surface area contributed by atoms with Crippen molar-refractivity contribution in [1.29, 1.82) is 0 Å². The van der Waals surface area contributed by atoms with E-state index in [1.54, 1.807) is 0 Å². The van der Waals surface area contributed by atoms with Crippen LogP contribution in [0.25, 0.3) is 10.8 Å². The molecule has 1 heterocycles.